The van der Waals surface area contributed by atoms with Crippen LogP contribution in [0.3, 0.4) is 0 Å². The van der Waals surface area contributed by atoms with E-state index < -0.39 is 29.5 Å². The van der Waals surface area contributed by atoms with Crippen molar-refractivity contribution in [1.29, 1.82) is 0 Å². The summed E-state index contributed by atoms with van der Waals surface area (Å²) in [5.41, 5.74) is 2.95. The first-order valence-corrected chi connectivity index (χ1v) is 6.60. The lowest BCUT2D eigenvalue weighted by Crippen LogP contribution is -2.16. The standard InChI is InChI=1S/C14H17F6N.ClH/c1-2-3-4-5-12(21)9-6-10(13(15,16)17)8-11(7-9)14(18,19)20;/h6-8,12H,2-5,21H2,1H3;1H/t12-;/m1./s1. The van der Waals surface area contributed by atoms with E-state index in [9.17, 15) is 26.3 Å². The first kappa shape index (κ1) is 21.0. The molecule has 22 heavy (non-hydrogen) atoms. The van der Waals surface area contributed by atoms with Gasteiger partial charge in [-0.15, -0.1) is 12.4 Å². The first-order chi connectivity index (χ1) is 9.55. The number of unbranched alkanes of at least 4 members (excludes halogenated alkanes) is 2. The molecule has 0 aliphatic heterocycles. The van der Waals surface area contributed by atoms with Crippen LogP contribution < -0.4 is 5.73 Å². The predicted octanol–water partition coefficient (Wildman–Crippen LogP) is 5.73. The van der Waals surface area contributed by atoms with Crippen molar-refractivity contribution < 1.29 is 26.3 Å². The summed E-state index contributed by atoms with van der Waals surface area (Å²) >= 11 is 0. The van der Waals surface area contributed by atoms with Gasteiger partial charge in [-0.3, -0.25) is 0 Å². The molecule has 1 aromatic rings. The van der Waals surface area contributed by atoms with Crippen molar-refractivity contribution in [2.75, 3.05) is 0 Å². The van der Waals surface area contributed by atoms with Gasteiger partial charge in [-0.2, -0.15) is 26.3 Å². The van der Waals surface area contributed by atoms with Crippen molar-refractivity contribution in [2.24, 2.45) is 5.73 Å². The third-order valence-electron chi connectivity index (χ3n) is 3.16. The normalized spacial score (nSPS) is 13.6. The van der Waals surface area contributed by atoms with E-state index in [0.29, 0.717) is 25.0 Å². The van der Waals surface area contributed by atoms with Gasteiger partial charge in [0.25, 0.3) is 0 Å². The summed E-state index contributed by atoms with van der Waals surface area (Å²) in [5.74, 6) is 0. The number of nitrogens with two attached hydrogens (primary N) is 1. The van der Waals surface area contributed by atoms with E-state index in [2.05, 4.69) is 0 Å². The van der Waals surface area contributed by atoms with Gasteiger partial charge in [-0.25, -0.2) is 0 Å². The minimum Gasteiger partial charge on any atom is -0.324 e. The second-order valence-electron chi connectivity index (χ2n) is 4.94. The fourth-order valence-corrected chi connectivity index (χ4v) is 1.97. The molecule has 0 aliphatic carbocycles. The van der Waals surface area contributed by atoms with Crippen LogP contribution in [0.25, 0.3) is 0 Å². The van der Waals surface area contributed by atoms with Crippen molar-refractivity contribution in [3.8, 4) is 0 Å². The number of alkyl halides is 6. The van der Waals surface area contributed by atoms with Crippen LogP contribution in [0.4, 0.5) is 26.3 Å². The molecule has 0 bridgehead atoms. The molecule has 2 N–H and O–H groups in total. The number of hydrogen-bond donors (Lipinski definition) is 1. The van der Waals surface area contributed by atoms with Gasteiger partial charge < -0.3 is 5.73 Å². The molecule has 0 spiro atoms. The smallest absolute Gasteiger partial charge is 0.324 e. The summed E-state index contributed by atoms with van der Waals surface area (Å²) in [5, 5.41) is 0. The quantitative estimate of drug-likeness (QED) is 0.533. The summed E-state index contributed by atoms with van der Waals surface area (Å²) in [6.07, 6.45) is -6.93. The number of rotatable bonds is 5. The molecule has 1 aromatic carbocycles. The van der Waals surface area contributed by atoms with E-state index in [0.717, 1.165) is 12.8 Å². The van der Waals surface area contributed by atoms with Gasteiger partial charge in [0.05, 0.1) is 11.1 Å². The highest BCUT2D eigenvalue weighted by atomic mass is 35.5. The largest absolute Gasteiger partial charge is 0.416 e. The monoisotopic (exact) mass is 349 g/mol. The lowest BCUT2D eigenvalue weighted by Gasteiger charge is -2.18. The maximum Gasteiger partial charge on any atom is 0.416 e. The van der Waals surface area contributed by atoms with E-state index in [1.165, 1.54) is 0 Å². The number of benzene rings is 1. The first-order valence-electron chi connectivity index (χ1n) is 6.60. The van der Waals surface area contributed by atoms with Crippen LogP contribution in [-0.2, 0) is 12.4 Å². The second kappa shape index (κ2) is 8.06. The van der Waals surface area contributed by atoms with Gasteiger partial charge >= 0.3 is 12.4 Å². The molecule has 1 atom stereocenters. The van der Waals surface area contributed by atoms with E-state index >= 15 is 0 Å². The Kier molecular flexibility index (Phi) is 7.71. The SMILES string of the molecule is CCCCC[C@@H](N)c1cc(C(F)(F)F)cc(C(F)(F)F)c1.Cl. The van der Waals surface area contributed by atoms with Gasteiger partial charge in [-0.1, -0.05) is 26.2 Å². The molecule has 0 aromatic heterocycles. The van der Waals surface area contributed by atoms with Crippen LogP contribution in [0.2, 0.25) is 0 Å². The van der Waals surface area contributed by atoms with Crippen LogP contribution in [0.1, 0.15) is 55.3 Å². The molecule has 1 rings (SSSR count). The average Bonchev–Trinajstić information content (AvgIpc) is 2.36. The van der Waals surface area contributed by atoms with Crippen molar-refractivity contribution in [2.45, 2.75) is 51.0 Å². The fourth-order valence-electron chi connectivity index (χ4n) is 1.97. The predicted molar refractivity (Wildman–Crippen MR) is 74.8 cm³/mol. The Morgan fingerprint density at radius 1 is 0.909 bits per heavy atom. The Balaban J connectivity index is 0.00000441. The fraction of sp³-hybridized carbons (Fsp3) is 0.571. The van der Waals surface area contributed by atoms with Crippen LogP contribution in [0.15, 0.2) is 18.2 Å². The molecule has 0 heterocycles. The van der Waals surface area contributed by atoms with Gasteiger partial charge in [0, 0.05) is 6.04 Å². The van der Waals surface area contributed by atoms with E-state index in [-0.39, 0.29) is 24.0 Å². The molecule has 0 radical (unpaired) electrons. The van der Waals surface area contributed by atoms with Crippen molar-refractivity contribution >= 4 is 12.4 Å². The molecule has 1 nitrogen and oxygen atoms in total. The van der Waals surface area contributed by atoms with Gasteiger partial charge in [0.15, 0.2) is 0 Å². The second-order valence-corrected chi connectivity index (χ2v) is 4.94. The summed E-state index contributed by atoms with van der Waals surface area (Å²) < 4.78 is 76.2. The van der Waals surface area contributed by atoms with Gasteiger partial charge in [0.1, 0.15) is 0 Å². The van der Waals surface area contributed by atoms with E-state index in [1.807, 2.05) is 6.92 Å². The van der Waals surface area contributed by atoms with Crippen LogP contribution in [-0.4, -0.2) is 0 Å². The Morgan fingerprint density at radius 2 is 1.36 bits per heavy atom. The molecule has 0 saturated carbocycles. The lowest BCUT2D eigenvalue weighted by atomic mass is 9.96. The Morgan fingerprint density at radius 3 is 1.73 bits per heavy atom. The Hall–Kier alpha value is -0.950. The molecule has 0 unspecified atom stereocenters. The summed E-state index contributed by atoms with van der Waals surface area (Å²) in [4.78, 5) is 0. The van der Waals surface area contributed by atoms with Crippen LogP contribution >= 0.6 is 12.4 Å². The zero-order valence-electron chi connectivity index (χ0n) is 11.9. The number of halogens is 7. The topological polar surface area (TPSA) is 26.0 Å². The Labute approximate surface area is 131 Å². The molecule has 0 amide bonds. The third-order valence-corrected chi connectivity index (χ3v) is 3.16. The van der Waals surface area contributed by atoms with Crippen molar-refractivity contribution in [1.82, 2.24) is 0 Å². The highest BCUT2D eigenvalue weighted by molar-refractivity contribution is 5.85. The molecular formula is C14H18ClF6N. The van der Waals surface area contributed by atoms with Crippen molar-refractivity contribution in [3.05, 3.63) is 34.9 Å². The molecule has 8 heteroatoms. The van der Waals surface area contributed by atoms with Crippen LogP contribution in [0, 0.1) is 0 Å². The summed E-state index contributed by atoms with van der Waals surface area (Å²) in [6.45, 7) is 1.94. The minimum absolute atomic E-state index is 0. The van der Waals surface area contributed by atoms with E-state index in [1.54, 1.807) is 0 Å². The maximum atomic E-state index is 12.7. The Bertz CT molecular complexity index is 437. The molecular weight excluding hydrogens is 332 g/mol. The minimum atomic E-state index is -4.83. The zero-order valence-corrected chi connectivity index (χ0v) is 12.7. The number of hydrogen-bond acceptors (Lipinski definition) is 1. The molecule has 128 valence electrons. The zero-order chi connectivity index (χ0) is 16.3. The third kappa shape index (κ3) is 6.04. The highest BCUT2D eigenvalue weighted by Gasteiger charge is 2.37. The molecule has 0 saturated heterocycles. The summed E-state index contributed by atoms with van der Waals surface area (Å²) in [6, 6.07) is 0.680. The molecule has 0 aliphatic rings. The van der Waals surface area contributed by atoms with Gasteiger partial charge in [-0.05, 0) is 30.2 Å². The lowest BCUT2D eigenvalue weighted by molar-refractivity contribution is -0.143. The molecule has 0 fully saturated rings. The highest BCUT2D eigenvalue weighted by Crippen LogP contribution is 2.37. The van der Waals surface area contributed by atoms with Crippen molar-refractivity contribution in [3.63, 3.8) is 0 Å². The average molecular weight is 350 g/mol. The van der Waals surface area contributed by atoms with Crippen LogP contribution in [0.5, 0.6) is 0 Å². The summed E-state index contributed by atoms with van der Waals surface area (Å²) in [7, 11) is 0. The van der Waals surface area contributed by atoms with E-state index in [4.69, 9.17) is 5.73 Å². The maximum absolute atomic E-state index is 12.7. The van der Waals surface area contributed by atoms with Gasteiger partial charge in [0.2, 0.25) is 0 Å².